The Balaban J connectivity index is 1.66. The number of benzene rings is 1. The summed E-state index contributed by atoms with van der Waals surface area (Å²) in [6.07, 6.45) is 4.57. The predicted octanol–water partition coefficient (Wildman–Crippen LogP) is 3.82. The molecule has 0 saturated carbocycles. The molecule has 2 atom stereocenters. The first-order valence-corrected chi connectivity index (χ1v) is 10.2. The molecule has 3 rings (SSSR count). The van der Waals surface area contributed by atoms with Crippen LogP contribution in [0.15, 0.2) is 30.3 Å². The van der Waals surface area contributed by atoms with Crippen molar-refractivity contribution in [2.45, 2.75) is 58.2 Å². The second kappa shape index (κ2) is 8.53. The van der Waals surface area contributed by atoms with Gasteiger partial charge in [0.15, 0.2) is 0 Å². The van der Waals surface area contributed by atoms with Gasteiger partial charge in [0.05, 0.1) is 18.2 Å². The number of ether oxygens (including phenoxy) is 1. The van der Waals surface area contributed by atoms with Gasteiger partial charge < -0.3 is 14.5 Å². The molecule has 2 aliphatic rings. The molecular formula is C22H34N2O2. The molecule has 0 aliphatic carbocycles. The summed E-state index contributed by atoms with van der Waals surface area (Å²) in [5, 5.41) is 0. The van der Waals surface area contributed by atoms with Gasteiger partial charge in [0.2, 0.25) is 0 Å². The van der Waals surface area contributed by atoms with Gasteiger partial charge in [0.1, 0.15) is 0 Å². The van der Waals surface area contributed by atoms with Gasteiger partial charge in [-0.1, -0.05) is 32.0 Å². The van der Waals surface area contributed by atoms with Gasteiger partial charge in [-0.2, -0.15) is 0 Å². The van der Waals surface area contributed by atoms with E-state index in [1.165, 1.54) is 13.0 Å². The van der Waals surface area contributed by atoms with E-state index in [1.54, 1.807) is 0 Å². The Morgan fingerprint density at radius 2 is 2.00 bits per heavy atom. The molecule has 2 aliphatic heterocycles. The number of nitrogens with zero attached hydrogens (tertiary/aromatic N) is 2. The molecule has 0 N–H and O–H groups in total. The van der Waals surface area contributed by atoms with Gasteiger partial charge in [-0.05, 0) is 63.7 Å². The van der Waals surface area contributed by atoms with Crippen molar-refractivity contribution in [3.8, 4) is 0 Å². The normalized spacial score (nSPS) is 27.7. The summed E-state index contributed by atoms with van der Waals surface area (Å²) in [5.74, 6) is 0.887. The smallest absolute Gasteiger partial charge is 0.254 e. The molecule has 1 aromatic carbocycles. The Morgan fingerprint density at radius 3 is 2.73 bits per heavy atom. The fourth-order valence-electron chi connectivity index (χ4n) is 4.31. The van der Waals surface area contributed by atoms with Crippen molar-refractivity contribution in [2.75, 3.05) is 32.7 Å². The number of carbonyl (C=O) groups excluding carboxylic acids is 1. The third kappa shape index (κ3) is 4.86. The molecule has 2 heterocycles. The van der Waals surface area contributed by atoms with Crippen molar-refractivity contribution in [1.82, 2.24) is 9.80 Å². The summed E-state index contributed by atoms with van der Waals surface area (Å²) in [6.45, 7) is 11.5. The number of hydrogen-bond donors (Lipinski definition) is 0. The van der Waals surface area contributed by atoms with Crippen LogP contribution in [0.1, 0.15) is 56.8 Å². The first-order valence-electron chi connectivity index (χ1n) is 10.2. The molecule has 26 heavy (non-hydrogen) atoms. The lowest BCUT2D eigenvalue weighted by atomic mass is 9.91. The van der Waals surface area contributed by atoms with Crippen LogP contribution < -0.4 is 0 Å². The highest BCUT2D eigenvalue weighted by Gasteiger charge is 2.42. The van der Waals surface area contributed by atoms with Gasteiger partial charge in [-0.25, -0.2) is 0 Å². The van der Waals surface area contributed by atoms with Gasteiger partial charge in [0, 0.05) is 18.7 Å². The van der Waals surface area contributed by atoms with Crippen LogP contribution in [0.25, 0.3) is 0 Å². The highest BCUT2D eigenvalue weighted by molar-refractivity contribution is 5.94. The number of rotatable bonds is 4. The Hall–Kier alpha value is -1.39. The van der Waals surface area contributed by atoms with E-state index in [2.05, 4.69) is 25.7 Å². The third-order valence-corrected chi connectivity index (χ3v) is 5.73. The maximum absolute atomic E-state index is 13.0. The summed E-state index contributed by atoms with van der Waals surface area (Å²) in [4.78, 5) is 17.6. The minimum Gasteiger partial charge on any atom is -0.368 e. The van der Waals surface area contributed by atoms with Crippen LogP contribution in [0.2, 0.25) is 0 Å². The molecular weight excluding hydrogens is 324 g/mol. The molecule has 1 aromatic rings. The summed E-state index contributed by atoms with van der Waals surface area (Å²) in [6, 6.07) is 9.65. The SMILES string of the molecule is CC(C)CCN1CCC[C@@]2(CC1)CN(C(=O)c1ccccc1)C[C@H](C)O2. The zero-order chi connectivity index (χ0) is 18.6. The Labute approximate surface area is 158 Å². The second-order valence-electron chi connectivity index (χ2n) is 8.54. The van der Waals surface area contributed by atoms with E-state index in [-0.39, 0.29) is 17.6 Å². The van der Waals surface area contributed by atoms with Crippen molar-refractivity contribution in [2.24, 2.45) is 5.92 Å². The van der Waals surface area contributed by atoms with Crippen molar-refractivity contribution in [1.29, 1.82) is 0 Å². The van der Waals surface area contributed by atoms with Gasteiger partial charge in [0.25, 0.3) is 5.91 Å². The molecule has 0 aromatic heterocycles. The van der Waals surface area contributed by atoms with E-state index < -0.39 is 0 Å². The minimum absolute atomic E-state index is 0.0960. The molecule has 0 radical (unpaired) electrons. The fourth-order valence-corrected chi connectivity index (χ4v) is 4.31. The number of amides is 1. The number of carbonyl (C=O) groups is 1. The van der Waals surface area contributed by atoms with Crippen LogP contribution in [0.3, 0.4) is 0 Å². The fraction of sp³-hybridized carbons (Fsp3) is 0.682. The van der Waals surface area contributed by atoms with Crippen LogP contribution in [0, 0.1) is 5.92 Å². The van der Waals surface area contributed by atoms with Gasteiger partial charge >= 0.3 is 0 Å². The van der Waals surface area contributed by atoms with E-state index in [9.17, 15) is 4.79 Å². The van der Waals surface area contributed by atoms with Gasteiger partial charge in [-0.3, -0.25) is 4.79 Å². The quantitative estimate of drug-likeness (QED) is 0.820. The maximum atomic E-state index is 13.0. The van der Waals surface area contributed by atoms with E-state index in [1.807, 2.05) is 35.2 Å². The Kier molecular flexibility index (Phi) is 6.36. The Bertz CT molecular complexity index is 589. The Morgan fingerprint density at radius 1 is 1.23 bits per heavy atom. The first kappa shape index (κ1) is 19.4. The molecule has 1 spiro atoms. The largest absolute Gasteiger partial charge is 0.368 e. The van der Waals surface area contributed by atoms with Crippen molar-refractivity contribution < 1.29 is 9.53 Å². The van der Waals surface area contributed by atoms with E-state index in [4.69, 9.17) is 4.74 Å². The number of hydrogen-bond acceptors (Lipinski definition) is 3. The lowest BCUT2D eigenvalue weighted by Crippen LogP contribution is -2.56. The molecule has 4 nitrogen and oxygen atoms in total. The monoisotopic (exact) mass is 358 g/mol. The van der Waals surface area contributed by atoms with Crippen molar-refractivity contribution >= 4 is 5.91 Å². The van der Waals surface area contributed by atoms with Gasteiger partial charge in [-0.15, -0.1) is 0 Å². The zero-order valence-electron chi connectivity index (χ0n) is 16.6. The lowest BCUT2D eigenvalue weighted by molar-refractivity contribution is -0.145. The van der Waals surface area contributed by atoms with Crippen LogP contribution in [0.4, 0.5) is 0 Å². The summed E-state index contributed by atoms with van der Waals surface area (Å²) in [7, 11) is 0. The molecule has 1 amide bonds. The van der Waals surface area contributed by atoms with Crippen molar-refractivity contribution in [3.05, 3.63) is 35.9 Å². The van der Waals surface area contributed by atoms with Crippen LogP contribution in [0.5, 0.6) is 0 Å². The molecule has 2 fully saturated rings. The number of morpholine rings is 1. The number of likely N-dealkylation sites (tertiary alicyclic amines) is 1. The van der Waals surface area contributed by atoms with E-state index in [0.29, 0.717) is 6.54 Å². The molecule has 144 valence electrons. The van der Waals surface area contributed by atoms with Crippen LogP contribution >= 0.6 is 0 Å². The zero-order valence-corrected chi connectivity index (χ0v) is 16.6. The van der Waals surface area contributed by atoms with Crippen LogP contribution in [-0.4, -0.2) is 60.1 Å². The average molecular weight is 359 g/mol. The average Bonchev–Trinajstić information content (AvgIpc) is 2.81. The first-order chi connectivity index (χ1) is 12.5. The van der Waals surface area contributed by atoms with E-state index >= 15 is 0 Å². The minimum atomic E-state index is -0.172. The topological polar surface area (TPSA) is 32.8 Å². The second-order valence-corrected chi connectivity index (χ2v) is 8.54. The third-order valence-electron chi connectivity index (χ3n) is 5.73. The predicted molar refractivity (Wildman–Crippen MR) is 105 cm³/mol. The lowest BCUT2D eigenvalue weighted by Gasteiger charge is -2.45. The summed E-state index contributed by atoms with van der Waals surface area (Å²) >= 11 is 0. The summed E-state index contributed by atoms with van der Waals surface area (Å²) in [5.41, 5.74) is 0.609. The van der Waals surface area contributed by atoms with E-state index in [0.717, 1.165) is 50.4 Å². The molecule has 2 saturated heterocycles. The molecule has 0 unspecified atom stereocenters. The van der Waals surface area contributed by atoms with Crippen LogP contribution in [-0.2, 0) is 4.74 Å². The standard InChI is InChI=1S/C22H34N2O2/c1-18(2)10-14-23-13-7-11-22(12-15-23)17-24(16-19(3)26-22)21(25)20-8-5-4-6-9-20/h4-6,8-9,18-19H,7,10-17H2,1-3H3/t19-,22+/m0/s1. The molecule has 0 bridgehead atoms. The highest BCUT2D eigenvalue weighted by Crippen LogP contribution is 2.33. The van der Waals surface area contributed by atoms with Crippen molar-refractivity contribution in [3.63, 3.8) is 0 Å². The maximum Gasteiger partial charge on any atom is 0.254 e. The summed E-state index contributed by atoms with van der Waals surface area (Å²) < 4.78 is 6.46. The molecule has 4 heteroatoms. The highest BCUT2D eigenvalue weighted by atomic mass is 16.5.